The molecule has 0 bridgehead atoms. The summed E-state index contributed by atoms with van der Waals surface area (Å²) >= 11 is 1.59. The van der Waals surface area contributed by atoms with Crippen LogP contribution in [0.25, 0.3) is 0 Å². The zero-order valence-electron chi connectivity index (χ0n) is 12.1. The summed E-state index contributed by atoms with van der Waals surface area (Å²) < 4.78 is 28.3. The molecule has 1 saturated heterocycles. The van der Waals surface area contributed by atoms with Crippen LogP contribution in [-0.4, -0.2) is 50.8 Å². The minimum Gasteiger partial charge on any atom is -0.319 e. The highest BCUT2D eigenvalue weighted by molar-refractivity contribution is 7.86. The minimum atomic E-state index is -3.34. The van der Waals surface area contributed by atoms with Crippen LogP contribution in [-0.2, 0) is 16.8 Å². The van der Waals surface area contributed by atoms with Gasteiger partial charge in [0.05, 0.1) is 0 Å². The molecular formula is C13H23N3O2S2. The lowest BCUT2D eigenvalue weighted by molar-refractivity contribution is 0.248. The number of hydrogen-bond acceptors (Lipinski definition) is 4. The summed E-state index contributed by atoms with van der Waals surface area (Å²) in [7, 11) is 0.233. The van der Waals surface area contributed by atoms with E-state index in [0.717, 1.165) is 24.3 Å². The highest BCUT2D eigenvalue weighted by atomic mass is 32.2. The SMILES string of the molecule is CNCC1CCCN(S(=O)(=O)N(C)Cc2cccs2)C1. The summed E-state index contributed by atoms with van der Waals surface area (Å²) in [6.45, 7) is 2.59. The fraction of sp³-hybridized carbons (Fsp3) is 0.692. The minimum absolute atomic E-state index is 0.415. The number of piperidine rings is 1. The molecule has 1 aliphatic heterocycles. The molecule has 2 rings (SSSR count). The van der Waals surface area contributed by atoms with Crippen LogP contribution in [0.2, 0.25) is 0 Å². The highest BCUT2D eigenvalue weighted by Gasteiger charge is 2.31. The van der Waals surface area contributed by atoms with Gasteiger partial charge in [0.1, 0.15) is 0 Å². The molecule has 20 heavy (non-hydrogen) atoms. The quantitative estimate of drug-likeness (QED) is 0.862. The van der Waals surface area contributed by atoms with Crippen molar-refractivity contribution < 1.29 is 8.42 Å². The predicted molar refractivity (Wildman–Crippen MR) is 82.9 cm³/mol. The van der Waals surface area contributed by atoms with Crippen LogP contribution in [0.15, 0.2) is 17.5 Å². The third kappa shape index (κ3) is 3.79. The first-order valence-corrected chi connectivity index (χ1v) is 9.20. The van der Waals surface area contributed by atoms with Gasteiger partial charge in [0.15, 0.2) is 0 Å². The molecule has 1 fully saturated rings. The Bertz CT molecular complexity index is 500. The van der Waals surface area contributed by atoms with Crippen molar-refractivity contribution in [1.29, 1.82) is 0 Å². The third-order valence-corrected chi connectivity index (χ3v) is 6.42. The topological polar surface area (TPSA) is 52.7 Å². The van der Waals surface area contributed by atoms with Gasteiger partial charge in [-0.15, -0.1) is 11.3 Å². The Balaban J connectivity index is 2.01. The maximum absolute atomic E-state index is 12.6. The molecule has 114 valence electrons. The Morgan fingerprint density at radius 3 is 3.00 bits per heavy atom. The summed E-state index contributed by atoms with van der Waals surface area (Å²) in [6, 6.07) is 3.92. The maximum atomic E-state index is 12.6. The zero-order chi connectivity index (χ0) is 14.6. The summed E-state index contributed by atoms with van der Waals surface area (Å²) in [5.74, 6) is 0.415. The van der Waals surface area contributed by atoms with Crippen LogP contribution >= 0.6 is 11.3 Å². The molecule has 1 aromatic rings. The predicted octanol–water partition coefficient (Wildman–Crippen LogP) is 1.36. The van der Waals surface area contributed by atoms with Crippen molar-refractivity contribution in [3.63, 3.8) is 0 Å². The van der Waals surface area contributed by atoms with Gasteiger partial charge >= 0.3 is 0 Å². The van der Waals surface area contributed by atoms with Gasteiger partial charge in [-0.2, -0.15) is 17.0 Å². The number of hydrogen-bond donors (Lipinski definition) is 1. The first-order valence-electron chi connectivity index (χ1n) is 6.92. The molecule has 0 aromatic carbocycles. The van der Waals surface area contributed by atoms with E-state index in [1.807, 2.05) is 24.6 Å². The van der Waals surface area contributed by atoms with Crippen LogP contribution in [0.3, 0.4) is 0 Å². The molecule has 0 aliphatic carbocycles. The average Bonchev–Trinajstić information content (AvgIpc) is 2.92. The molecule has 1 N–H and O–H groups in total. The van der Waals surface area contributed by atoms with E-state index in [9.17, 15) is 8.42 Å². The highest BCUT2D eigenvalue weighted by Crippen LogP contribution is 2.22. The second-order valence-electron chi connectivity index (χ2n) is 5.27. The Labute approximate surface area is 125 Å². The van der Waals surface area contributed by atoms with E-state index in [4.69, 9.17) is 0 Å². The van der Waals surface area contributed by atoms with Gasteiger partial charge in [-0.1, -0.05) is 6.07 Å². The molecule has 0 saturated carbocycles. The zero-order valence-corrected chi connectivity index (χ0v) is 13.7. The molecule has 5 nitrogen and oxygen atoms in total. The second kappa shape index (κ2) is 7.00. The summed E-state index contributed by atoms with van der Waals surface area (Å²) in [5.41, 5.74) is 0. The molecule has 1 atom stereocenters. The Morgan fingerprint density at radius 1 is 1.55 bits per heavy atom. The monoisotopic (exact) mass is 317 g/mol. The summed E-state index contributed by atoms with van der Waals surface area (Å²) in [6.07, 6.45) is 2.04. The number of thiophene rings is 1. The lowest BCUT2D eigenvalue weighted by Gasteiger charge is -2.34. The fourth-order valence-electron chi connectivity index (χ4n) is 2.59. The van der Waals surface area contributed by atoms with E-state index in [2.05, 4.69) is 5.32 Å². The van der Waals surface area contributed by atoms with Gasteiger partial charge in [0.2, 0.25) is 0 Å². The Hall–Kier alpha value is -0.470. The van der Waals surface area contributed by atoms with E-state index in [-0.39, 0.29) is 0 Å². The van der Waals surface area contributed by atoms with Crippen molar-refractivity contribution in [1.82, 2.24) is 13.9 Å². The van der Waals surface area contributed by atoms with Crippen LogP contribution in [0.4, 0.5) is 0 Å². The molecule has 7 heteroatoms. The first-order chi connectivity index (χ1) is 9.54. The summed E-state index contributed by atoms with van der Waals surface area (Å²) in [4.78, 5) is 1.07. The van der Waals surface area contributed by atoms with Crippen molar-refractivity contribution in [3.8, 4) is 0 Å². The lowest BCUT2D eigenvalue weighted by Crippen LogP contribution is -2.47. The van der Waals surface area contributed by atoms with Gasteiger partial charge in [-0.25, -0.2) is 0 Å². The van der Waals surface area contributed by atoms with Crippen LogP contribution in [0.5, 0.6) is 0 Å². The van der Waals surface area contributed by atoms with Crippen molar-refractivity contribution in [2.24, 2.45) is 5.92 Å². The third-order valence-electron chi connectivity index (χ3n) is 3.65. The maximum Gasteiger partial charge on any atom is 0.282 e. The van der Waals surface area contributed by atoms with Crippen molar-refractivity contribution in [3.05, 3.63) is 22.4 Å². The first kappa shape index (κ1) is 15.9. The molecule has 1 unspecified atom stereocenters. The van der Waals surface area contributed by atoms with Crippen molar-refractivity contribution >= 4 is 21.5 Å². The van der Waals surface area contributed by atoms with Crippen molar-refractivity contribution in [2.45, 2.75) is 19.4 Å². The van der Waals surface area contributed by atoms with Crippen LogP contribution < -0.4 is 5.32 Å². The average molecular weight is 317 g/mol. The van der Waals surface area contributed by atoms with Crippen LogP contribution in [0.1, 0.15) is 17.7 Å². The number of nitrogens with zero attached hydrogens (tertiary/aromatic N) is 2. The van der Waals surface area contributed by atoms with E-state index in [0.29, 0.717) is 25.6 Å². The molecule has 0 amide bonds. The number of nitrogens with one attached hydrogen (secondary N) is 1. The van der Waals surface area contributed by atoms with E-state index >= 15 is 0 Å². The summed E-state index contributed by atoms with van der Waals surface area (Å²) in [5, 5.41) is 5.11. The molecule has 1 aliphatic rings. The van der Waals surface area contributed by atoms with E-state index in [1.54, 1.807) is 22.7 Å². The molecular weight excluding hydrogens is 294 g/mol. The van der Waals surface area contributed by atoms with Crippen LogP contribution in [0, 0.1) is 5.92 Å². The normalized spacial score (nSPS) is 21.4. The largest absolute Gasteiger partial charge is 0.319 e. The molecule has 1 aromatic heterocycles. The van der Waals surface area contributed by atoms with Gasteiger partial charge in [0.25, 0.3) is 10.2 Å². The standard InChI is InChI=1S/C13H23N3O2S2/c1-14-9-12-5-3-7-16(10-12)20(17,18)15(2)11-13-6-4-8-19-13/h4,6,8,12,14H,3,5,7,9-11H2,1-2H3. The van der Waals surface area contributed by atoms with Crippen molar-refractivity contribution in [2.75, 3.05) is 33.7 Å². The van der Waals surface area contributed by atoms with Gasteiger partial charge in [-0.3, -0.25) is 0 Å². The molecule has 0 radical (unpaired) electrons. The fourth-order valence-corrected chi connectivity index (χ4v) is 4.89. The van der Waals surface area contributed by atoms with Gasteiger partial charge in [0, 0.05) is 31.6 Å². The Kier molecular flexibility index (Phi) is 5.57. The van der Waals surface area contributed by atoms with Gasteiger partial charge < -0.3 is 5.32 Å². The molecule has 0 spiro atoms. The number of rotatable bonds is 6. The molecule has 2 heterocycles. The smallest absolute Gasteiger partial charge is 0.282 e. The lowest BCUT2D eigenvalue weighted by atomic mass is 10.00. The second-order valence-corrected chi connectivity index (χ2v) is 8.33. The van der Waals surface area contributed by atoms with E-state index < -0.39 is 10.2 Å². The Morgan fingerprint density at radius 2 is 2.35 bits per heavy atom. The van der Waals surface area contributed by atoms with E-state index in [1.165, 1.54) is 4.31 Å². The van der Waals surface area contributed by atoms with Gasteiger partial charge in [-0.05, 0) is 43.8 Å².